The number of nitro groups is 1. The number of rotatable bonds is 6. The van der Waals surface area contributed by atoms with E-state index < -0.39 is 16.9 Å². The number of fused-ring (bicyclic) bond motifs is 1. The third-order valence-corrected chi connectivity index (χ3v) is 4.05. The van der Waals surface area contributed by atoms with Gasteiger partial charge in [0.05, 0.1) is 11.0 Å². The van der Waals surface area contributed by atoms with Gasteiger partial charge in [0.1, 0.15) is 5.69 Å². The second-order valence-corrected chi connectivity index (χ2v) is 6.24. The van der Waals surface area contributed by atoms with Gasteiger partial charge < -0.3 is 15.7 Å². The molecule has 0 fully saturated rings. The largest absolute Gasteiger partial charge is 0.392 e. The van der Waals surface area contributed by atoms with Crippen LogP contribution in [0.2, 0.25) is 0 Å². The fourth-order valence-electron chi connectivity index (χ4n) is 2.70. The molecule has 0 aliphatic rings. The van der Waals surface area contributed by atoms with E-state index in [1.165, 1.54) is 18.2 Å². The number of aliphatic hydroxyl groups excluding tert-OH is 1. The fourth-order valence-corrected chi connectivity index (χ4v) is 2.70. The summed E-state index contributed by atoms with van der Waals surface area (Å²) in [6.45, 7) is 1.74. The zero-order chi connectivity index (χ0) is 19.4. The van der Waals surface area contributed by atoms with Gasteiger partial charge in [-0.15, -0.1) is 0 Å². The summed E-state index contributed by atoms with van der Waals surface area (Å²) in [4.78, 5) is 23.3. The lowest BCUT2D eigenvalue weighted by molar-refractivity contribution is -0.384. The van der Waals surface area contributed by atoms with E-state index in [0.29, 0.717) is 5.69 Å². The van der Waals surface area contributed by atoms with E-state index >= 15 is 0 Å². The van der Waals surface area contributed by atoms with Crippen LogP contribution in [-0.4, -0.2) is 28.6 Å². The smallest absolute Gasteiger partial charge is 0.293 e. The van der Waals surface area contributed by atoms with Gasteiger partial charge in [-0.2, -0.15) is 0 Å². The van der Waals surface area contributed by atoms with Crippen molar-refractivity contribution in [2.45, 2.75) is 13.0 Å². The maximum Gasteiger partial charge on any atom is 0.293 e. The molecule has 3 N–H and O–H groups in total. The minimum absolute atomic E-state index is 0.170. The van der Waals surface area contributed by atoms with Crippen LogP contribution in [0, 0.1) is 10.1 Å². The number of carbonyl (C=O) groups excluding carboxylic acids is 1. The number of nitro benzene ring substituents is 1. The molecule has 0 saturated heterocycles. The lowest BCUT2D eigenvalue weighted by Gasteiger charge is -2.11. The molecule has 0 aromatic heterocycles. The van der Waals surface area contributed by atoms with Crippen molar-refractivity contribution in [3.05, 3.63) is 76.3 Å². The summed E-state index contributed by atoms with van der Waals surface area (Å²) in [7, 11) is 0. The second-order valence-electron chi connectivity index (χ2n) is 6.24. The third-order valence-electron chi connectivity index (χ3n) is 4.05. The summed E-state index contributed by atoms with van der Waals surface area (Å²) in [6.07, 6.45) is -0.652. The molecular formula is C20H19N3O4. The molecule has 0 spiro atoms. The van der Waals surface area contributed by atoms with Crippen LogP contribution in [0.25, 0.3) is 10.8 Å². The fraction of sp³-hybridized carbons (Fsp3) is 0.150. The molecule has 0 heterocycles. The first-order valence-electron chi connectivity index (χ1n) is 8.44. The van der Waals surface area contributed by atoms with Gasteiger partial charge in [0.2, 0.25) is 0 Å². The molecule has 1 atom stereocenters. The van der Waals surface area contributed by atoms with Crippen LogP contribution < -0.4 is 10.6 Å². The van der Waals surface area contributed by atoms with Crippen LogP contribution in [0.1, 0.15) is 17.3 Å². The van der Waals surface area contributed by atoms with Crippen LogP contribution in [0.15, 0.2) is 60.7 Å². The molecule has 0 aliphatic heterocycles. The van der Waals surface area contributed by atoms with Crippen molar-refractivity contribution >= 4 is 33.7 Å². The zero-order valence-corrected chi connectivity index (χ0v) is 14.7. The van der Waals surface area contributed by atoms with E-state index in [-0.39, 0.29) is 23.5 Å². The number of hydrogen-bond acceptors (Lipinski definition) is 5. The molecule has 27 heavy (non-hydrogen) atoms. The van der Waals surface area contributed by atoms with Gasteiger partial charge in [0.15, 0.2) is 0 Å². The highest BCUT2D eigenvalue weighted by Crippen LogP contribution is 2.26. The Balaban J connectivity index is 1.82. The maximum atomic E-state index is 12.5. The average Bonchev–Trinajstić information content (AvgIpc) is 2.66. The topological polar surface area (TPSA) is 104 Å². The van der Waals surface area contributed by atoms with Crippen LogP contribution in [0.4, 0.5) is 17.1 Å². The number of benzene rings is 3. The Labute approximate surface area is 155 Å². The zero-order valence-electron chi connectivity index (χ0n) is 14.7. The molecular weight excluding hydrogens is 346 g/mol. The Morgan fingerprint density at radius 1 is 1.11 bits per heavy atom. The maximum absolute atomic E-state index is 12.5. The van der Waals surface area contributed by atoms with Crippen LogP contribution >= 0.6 is 0 Å². The molecule has 0 unspecified atom stereocenters. The van der Waals surface area contributed by atoms with E-state index in [4.69, 9.17) is 0 Å². The van der Waals surface area contributed by atoms with E-state index in [9.17, 15) is 20.0 Å². The molecule has 7 heteroatoms. The molecule has 0 saturated carbocycles. The van der Waals surface area contributed by atoms with E-state index in [0.717, 1.165) is 10.8 Å². The van der Waals surface area contributed by atoms with Gasteiger partial charge in [-0.3, -0.25) is 14.9 Å². The lowest BCUT2D eigenvalue weighted by atomic mass is 10.1. The number of carbonyl (C=O) groups is 1. The van der Waals surface area contributed by atoms with Crippen LogP contribution in [0.3, 0.4) is 0 Å². The van der Waals surface area contributed by atoms with Crippen LogP contribution in [0.5, 0.6) is 0 Å². The van der Waals surface area contributed by atoms with Crippen LogP contribution in [-0.2, 0) is 0 Å². The number of hydrogen-bond donors (Lipinski definition) is 3. The van der Waals surface area contributed by atoms with Gasteiger partial charge in [-0.25, -0.2) is 0 Å². The Bertz CT molecular complexity index is 1000. The highest BCUT2D eigenvalue weighted by atomic mass is 16.6. The molecule has 0 radical (unpaired) electrons. The quantitative estimate of drug-likeness (QED) is 0.455. The molecule has 0 aliphatic carbocycles. The molecule has 3 aromatic carbocycles. The normalized spacial score (nSPS) is 11.8. The monoisotopic (exact) mass is 365 g/mol. The first kappa shape index (κ1) is 18.3. The molecule has 1 amide bonds. The van der Waals surface area contributed by atoms with Gasteiger partial charge >= 0.3 is 0 Å². The summed E-state index contributed by atoms with van der Waals surface area (Å²) in [6, 6.07) is 17.5. The van der Waals surface area contributed by atoms with E-state index in [1.807, 2.05) is 36.4 Å². The first-order chi connectivity index (χ1) is 12.9. The lowest BCUT2D eigenvalue weighted by Crippen LogP contribution is -2.17. The van der Waals surface area contributed by atoms with Gasteiger partial charge in [0.25, 0.3) is 11.6 Å². The van der Waals surface area contributed by atoms with Gasteiger partial charge in [-0.1, -0.05) is 30.3 Å². The number of amides is 1. The summed E-state index contributed by atoms with van der Waals surface area (Å²) >= 11 is 0. The van der Waals surface area contributed by atoms with E-state index in [1.54, 1.807) is 13.0 Å². The van der Waals surface area contributed by atoms with Crippen molar-refractivity contribution in [1.82, 2.24) is 0 Å². The summed E-state index contributed by atoms with van der Waals surface area (Å²) in [5.41, 5.74) is 0.820. The predicted molar refractivity (Wildman–Crippen MR) is 105 cm³/mol. The molecule has 0 bridgehead atoms. The number of nitrogens with one attached hydrogen (secondary N) is 2. The second kappa shape index (κ2) is 7.84. The first-order valence-corrected chi connectivity index (χ1v) is 8.44. The average molecular weight is 365 g/mol. The standard InChI is InChI=1S/C20H19N3O4/c1-13(24)12-21-18-9-7-16(11-19(18)23(26)27)20(25)22-17-8-6-14-4-2-3-5-15(14)10-17/h2-11,13,21,24H,12H2,1H3,(H,22,25)/t13-/m0/s1. The number of anilines is 2. The summed E-state index contributed by atoms with van der Waals surface area (Å²) < 4.78 is 0. The Hall–Kier alpha value is -3.45. The summed E-state index contributed by atoms with van der Waals surface area (Å²) in [5, 5.41) is 28.3. The Morgan fingerprint density at radius 3 is 2.56 bits per heavy atom. The highest BCUT2D eigenvalue weighted by Gasteiger charge is 2.18. The Kier molecular flexibility index (Phi) is 5.33. The van der Waals surface area contributed by atoms with Crippen molar-refractivity contribution < 1.29 is 14.8 Å². The van der Waals surface area contributed by atoms with Gasteiger partial charge in [0, 0.05) is 23.9 Å². The van der Waals surface area contributed by atoms with Crippen molar-refractivity contribution in [3.8, 4) is 0 Å². The number of aliphatic hydroxyl groups is 1. The van der Waals surface area contributed by atoms with Crippen molar-refractivity contribution in [1.29, 1.82) is 0 Å². The SMILES string of the molecule is C[C@H](O)CNc1ccc(C(=O)Nc2ccc3ccccc3c2)cc1[N+](=O)[O-]. The van der Waals surface area contributed by atoms with E-state index in [2.05, 4.69) is 10.6 Å². The van der Waals surface area contributed by atoms with Crippen molar-refractivity contribution in [2.24, 2.45) is 0 Å². The predicted octanol–water partition coefficient (Wildman–Crippen LogP) is 3.79. The molecule has 3 aromatic rings. The van der Waals surface area contributed by atoms with Crippen molar-refractivity contribution in [3.63, 3.8) is 0 Å². The molecule has 138 valence electrons. The summed E-state index contributed by atoms with van der Waals surface area (Å²) in [5.74, 6) is -0.435. The van der Waals surface area contributed by atoms with Gasteiger partial charge in [-0.05, 0) is 42.0 Å². The minimum atomic E-state index is -0.652. The highest BCUT2D eigenvalue weighted by molar-refractivity contribution is 6.06. The van der Waals surface area contributed by atoms with Crippen molar-refractivity contribution in [2.75, 3.05) is 17.2 Å². The minimum Gasteiger partial charge on any atom is -0.392 e. The molecule has 7 nitrogen and oxygen atoms in total. The third kappa shape index (κ3) is 4.39. The number of nitrogens with zero attached hydrogens (tertiary/aromatic N) is 1. The molecule has 3 rings (SSSR count). The Morgan fingerprint density at radius 2 is 1.85 bits per heavy atom.